The number of Topliss-reactive ketones (excluding diaryl/α,β-unsaturated/α-hetero) is 1. The maximum atomic E-state index is 12.2. The smallest absolute Gasteiger partial charge is 0.271 e. The van der Waals surface area contributed by atoms with Crippen LogP contribution in [-0.2, 0) is 13.1 Å². The van der Waals surface area contributed by atoms with Gasteiger partial charge in [0.15, 0.2) is 11.7 Å². The summed E-state index contributed by atoms with van der Waals surface area (Å²) in [4.78, 5) is 23.6. The Labute approximate surface area is 144 Å². The minimum Gasteiger partial charge on any atom is -0.494 e. The van der Waals surface area contributed by atoms with Crippen LogP contribution in [0.4, 0.5) is 5.69 Å². The normalized spacial score (nSPS) is 10.3. The summed E-state index contributed by atoms with van der Waals surface area (Å²) in [5, 5.41) is 31.8. The third-order valence-electron chi connectivity index (χ3n) is 3.99. The van der Waals surface area contributed by atoms with Gasteiger partial charge in [0.05, 0.1) is 13.2 Å². The maximum Gasteiger partial charge on any atom is 0.271 e. The van der Waals surface area contributed by atoms with Crippen LogP contribution in [0.3, 0.4) is 0 Å². The second-order valence-corrected chi connectivity index (χ2v) is 5.58. The van der Waals surface area contributed by atoms with E-state index in [4.69, 9.17) is 5.11 Å². The van der Waals surface area contributed by atoms with Crippen LogP contribution in [0.15, 0.2) is 29.1 Å². The van der Waals surface area contributed by atoms with Crippen LogP contribution < -0.4 is 10.9 Å². The van der Waals surface area contributed by atoms with Crippen molar-refractivity contribution >= 4 is 11.5 Å². The van der Waals surface area contributed by atoms with E-state index in [1.807, 2.05) is 6.07 Å². The van der Waals surface area contributed by atoms with E-state index in [1.165, 1.54) is 6.92 Å². The number of aromatic hydroxyl groups is 1. The summed E-state index contributed by atoms with van der Waals surface area (Å²) in [7, 11) is 0. The average molecular weight is 341 g/mol. The van der Waals surface area contributed by atoms with E-state index >= 15 is 0 Å². The Hall–Kier alpha value is -3.11. The molecule has 0 aliphatic rings. The molecule has 0 atom stereocenters. The predicted molar refractivity (Wildman–Crippen MR) is 92.7 cm³/mol. The number of pyridine rings is 1. The lowest BCUT2D eigenvalue weighted by Crippen LogP contribution is -2.27. The van der Waals surface area contributed by atoms with Crippen LogP contribution in [0.25, 0.3) is 0 Å². The van der Waals surface area contributed by atoms with Gasteiger partial charge >= 0.3 is 0 Å². The Balaban J connectivity index is 2.41. The monoisotopic (exact) mass is 341 g/mol. The fraction of sp³-hybridized carbons (Fsp3) is 0.278. The summed E-state index contributed by atoms with van der Waals surface area (Å²) in [5.74, 6) is -0.350. The van der Waals surface area contributed by atoms with Crippen molar-refractivity contribution in [1.82, 2.24) is 4.57 Å². The number of anilines is 1. The van der Waals surface area contributed by atoms with E-state index < -0.39 is 5.56 Å². The molecule has 7 nitrogen and oxygen atoms in total. The first-order valence-corrected chi connectivity index (χ1v) is 7.71. The van der Waals surface area contributed by atoms with E-state index in [0.717, 1.165) is 4.57 Å². The maximum absolute atomic E-state index is 12.2. The van der Waals surface area contributed by atoms with Gasteiger partial charge in [0, 0.05) is 23.4 Å². The van der Waals surface area contributed by atoms with Crippen molar-refractivity contribution in [2.75, 3.05) is 11.9 Å². The van der Waals surface area contributed by atoms with Gasteiger partial charge < -0.3 is 15.5 Å². The number of nitrogens with zero attached hydrogens (tertiary/aromatic N) is 2. The number of nitriles is 1. The lowest BCUT2D eigenvalue weighted by Gasteiger charge is -2.16. The molecule has 0 saturated heterocycles. The predicted octanol–water partition coefficient (Wildman–Crippen LogP) is 1.54. The van der Waals surface area contributed by atoms with Crippen molar-refractivity contribution in [3.05, 3.63) is 56.9 Å². The minimum absolute atomic E-state index is 0.0639. The highest BCUT2D eigenvalue weighted by Gasteiger charge is 2.18. The molecule has 0 spiro atoms. The molecule has 0 radical (unpaired) electrons. The Bertz CT molecular complexity index is 910. The third-order valence-corrected chi connectivity index (χ3v) is 3.99. The molecular weight excluding hydrogens is 322 g/mol. The molecule has 0 aliphatic carbocycles. The Morgan fingerprint density at radius 3 is 2.72 bits per heavy atom. The minimum atomic E-state index is -0.631. The Kier molecular flexibility index (Phi) is 5.57. The fourth-order valence-corrected chi connectivity index (χ4v) is 2.56. The quantitative estimate of drug-likeness (QED) is 0.687. The van der Waals surface area contributed by atoms with Gasteiger partial charge in [0.2, 0.25) is 0 Å². The number of ketones is 1. The van der Waals surface area contributed by atoms with Crippen molar-refractivity contribution in [2.24, 2.45) is 0 Å². The van der Waals surface area contributed by atoms with Crippen LogP contribution in [-0.4, -0.2) is 27.2 Å². The Morgan fingerprint density at radius 1 is 1.40 bits per heavy atom. The highest BCUT2D eigenvalue weighted by atomic mass is 16.3. The second kappa shape index (κ2) is 7.64. The lowest BCUT2D eigenvalue weighted by atomic mass is 10.0. The number of carbonyl (C=O) groups is 1. The molecule has 0 saturated carbocycles. The van der Waals surface area contributed by atoms with E-state index in [1.54, 1.807) is 31.2 Å². The van der Waals surface area contributed by atoms with Gasteiger partial charge in [0.1, 0.15) is 11.6 Å². The summed E-state index contributed by atoms with van der Waals surface area (Å²) < 4.78 is 0.981. The molecule has 7 heteroatoms. The Morgan fingerprint density at radius 2 is 2.12 bits per heavy atom. The number of aliphatic hydroxyl groups is 1. The number of rotatable bonds is 6. The number of aliphatic hydroxyl groups excluding tert-OH is 1. The molecule has 0 fully saturated rings. The van der Waals surface area contributed by atoms with Gasteiger partial charge in [-0.15, -0.1) is 0 Å². The zero-order valence-corrected chi connectivity index (χ0v) is 14.0. The van der Waals surface area contributed by atoms with Gasteiger partial charge in [0.25, 0.3) is 5.56 Å². The van der Waals surface area contributed by atoms with Crippen molar-refractivity contribution in [1.29, 1.82) is 5.26 Å². The number of hydrogen-bond donors (Lipinski definition) is 3. The van der Waals surface area contributed by atoms with Crippen LogP contribution >= 0.6 is 0 Å². The molecule has 0 aliphatic heterocycles. The first-order chi connectivity index (χ1) is 11.9. The van der Waals surface area contributed by atoms with E-state index in [2.05, 4.69) is 5.32 Å². The topological polar surface area (TPSA) is 115 Å². The molecule has 2 aromatic rings. The van der Waals surface area contributed by atoms with Gasteiger partial charge in [-0.1, -0.05) is 12.1 Å². The summed E-state index contributed by atoms with van der Waals surface area (Å²) in [6.45, 7) is 2.77. The molecule has 130 valence electrons. The number of aromatic nitrogens is 1. The molecular formula is C18H19N3O4. The molecule has 1 aromatic heterocycles. The first kappa shape index (κ1) is 18.2. The highest BCUT2D eigenvalue weighted by molar-refractivity contribution is 5.94. The third kappa shape index (κ3) is 3.70. The molecule has 2 rings (SSSR count). The first-order valence-electron chi connectivity index (χ1n) is 7.71. The van der Waals surface area contributed by atoms with Crippen molar-refractivity contribution < 1.29 is 15.0 Å². The van der Waals surface area contributed by atoms with Crippen LogP contribution in [0.5, 0.6) is 5.88 Å². The summed E-state index contributed by atoms with van der Waals surface area (Å²) in [6.07, 6.45) is 0. The molecule has 1 aromatic carbocycles. The zero-order chi connectivity index (χ0) is 18.6. The summed E-state index contributed by atoms with van der Waals surface area (Å²) in [6, 6.07) is 8.74. The van der Waals surface area contributed by atoms with Crippen molar-refractivity contribution in [2.45, 2.75) is 26.9 Å². The standard InChI is InChI=1S/C18H19N3O4/c1-11-15(9-19)17(24)21(6-7-22)18(25)16(11)10-20-14-5-3-4-13(8-14)12(2)23/h3-5,8,20,22,25H,6-7,10H2,1-2H3. The van der Waals surface area contributed by atoms with Crippen molar-refractivity contribution in [3.63, 3.8) is 0 Å². The number of hydrogen-bond acceptors (Lipinski definition) is 6. The summed E-state index contributed by atoms with van der Waals surface area (Å²) >= 11 is 0. The molecule has 25 heavy (non-hydrogen) atoms. The van der Waals surface area contributed by atoms with Crippen LogP contribution in [0.1, 0.15) is 34.0 Å². The van der Waals surface area contributed by atoms with Gasteiger partial charge in [-0.3, -0.25) is 14.2 Å². The summed E-state index contributed by atoms with van der Waals surface area (Å²) in [5.41, 5.74) is 1.29. The molecule has 0 bridgehead atoms. The molecule has 0 amide bonds. The number of nitrogens with one attached hydrogen (secondary N) is 1. The van der Waals surface area contributed by atoms with Gasteiger partial charge in [-0.05, 0) is 31.5 Å². The van der Waals surface area contributed by atoms with Crippen LogP contribution in [0.2, 0.25) is 0 Å². The van der Waals surface area contributed by atoms with Gasteiger partial charge in [-0.25, -0.2) is 0 Å². The van der Waals surface area contributed by atoms with Crippen LogP contribution in [0, 0.1) is 18.3 Å². The van der Waals surface area contributed by atoms with Gasteiger partial charge in [-0.2, -0.15) is 5.26 Å². The number of carbonyl (C=O) groups excluding carboxylic acids is 1. The SMILES string of the molecule is CC(=O)c1cccc(NCc2c(C)c(C#N)c(=O)n(CCO)c2O)c1. The second-order valence-electron chi connectivity index (χ2n) is 5.58. The molecule has 0 unspecified atom stereocenters. The lowest BCUT2D eigenvalue weighted by molar-refractivity contribution is 0.101. The zero-order valence-electron chi connectivity index (χ0n) is 14.0. The molecule has 3 N–H and O–H groups in total. The average Bonchev–Trinajstić information content (AvgIpc) is 2.59. The van der Waals surface area contributed by atoms with E-state index in [9.17, 15) is 20.0 Å². The largest absolute Gasteiger partial charge is 0.494 e. The van der Waals surface area contributed by atoms with Crippen molar-refractivity contribution in [3.8, 4) is 11.9 Å². The number of benzene rings is 1. The highest BCUT2D eigenvalue weighted by Crippen LogP contribution is 2.23. The molecule has 1 heterocycles. The van der Waals surface area contributed by atoms with E-state index in [-0.39, 0.29) is 36.9 Å². The fourth-order valence-electron chi connectivity index (χ4n) is 2.56. The van der Waals surface area contributed by atoms with E-state index in [0.29, 0.717) is 22.4 Å².